The molecule has 1 heterocycles. The number of rotatable bonds is 5. The number of ether oxygens (including phenoxy) is 2. The molecule has 0 spiro atoms. The zero-order valence-corrected chi connectivity index (χ0v) is 12.5. The van der Waals surface area contributed by atoms with E-state index in [1.807, 2.05) is 14.0 Å². The van der Waals surface area contributed by atoms with E-state index in [0.29, 0.717) is 6.54 Å². The van der Waals surface area contributed by atoms with Crippen molar-refractivity contribution in [2.45, 2.75) is 19.4 Å². The molecule has 4 nitrogen and oxygen atoms in total. The molecule has 0 aliphatic carbocycles. The third-order valence-corrected chi connectivity index (χ3v) is 3.76. The summed E-state index contributed by atoms with van der Waals surface area (Å²) in [7, 11) is 3.44. The Labute approximate surface area is 120 Å². The lowest BCUT2D eigenvalue weighted by molar-refractivity contribution is -0.145. The fraction of sp³-hybridized carbons (Fsp3) is 0.562. The summed E-state index contributed by atoms with van der Waals surface area (Å²) in [6, 6.07) is 8.43. The van der Waals surface area contributed by atoms with Crippen molar-refractivity contribution in [2.75, 3.05) is 33.9 Å². The second-order valence-corrected chi connectivity index (χ2v) is 5.45. The number of hydrogen-bond donors (Lipinski definition) is 0. The standard InChI is InChI=1S/C16H23NO3/c1-12(16(18)19-3)10-17(2)11-15-14-7-5-4-6-13(14)8-9-20-15/h4-7,12,15H,8-11H2,1-3H3. The molecular formula is C16H23NO3. The zero-order chi connectivity index (χ0) is 14.5. The van der Waals surface area contributed by atoms with E-state index in [1.165, 1.54) is 18.2 Å². The third-order valence-electron chi connectivity index (χ3n) is 3.76. The van der Waals surface area contributed by atoms with Gasteiger partial charge < -0.3 is 14.4 Å². The van der Waals surface area contributed by atoms with Crippen LogP contribution in [-0.2, 0) is 20.7 Å². The molecule has 2 atom stereocenters. The van der Waals surface area contributed by atoms with Crippen LogP contribution in [0.1, 0.15) is 24.2 Å². The van der Waals surface area contributed by atoms with E-state index in [9.17, 15) is 4.79 Å². The van der Waals surface area contributed by atoms with Gasteiger partial charge in [-0.15, -0.1) is 0 Å². The van der Waals surface area contributed by atoms with Crippen LogP contribution in [0.5, 0.6) is 0 Å². The number of benzene rings is 1. The van der Waals surface area contributed by atoms with Crippen molar-refractivity contribution in [3.63, 3.8) is 0 Å². The van der Waals surface area contributed by atoms with Gasteiger partial charge in [0.05, 0.1) is 25.7 Å². The van der Waals surface area contributed by atoms with Crippen molar-refractivity contribution in [3.05, 3.63) is 35.4 Å². The van der Waals surface area contributed by atoms with Crippen molar-refractivity contribution >= 4 is 5.97 Å². The molecule has 1 aliphatic rings. The van der Waals surface area contributed by atoms with Gasteiger partial charge in [-0.2, -0.15) is 0 Å². The molecule has 0 fully saturated rings. The highest BCUT2D eigenvalue weighted by Crippen LogP contribution is 2.27. The summed E-state index contributed by atoms with van der Waals surface area (Å²) in [5.74, 6) is -0.286. The Morgan fingerprint density at radius 1 is 1.50 bits per heavy atom. The highest BCUT2D eigenvalue weighted by molar-refractivity contribution is 5.72. The fourth-order valence-electron chi connectivity index (χ4n) is 2.73. The van der Waals surface area contributed by atoms with Crippen LogP contribution in [0.4, 0.5) is 0 Å². The van der Waals surface area contributed by atoms with Crippen molar-refractivity contribution in [1.82, 2.24) is 4.90 Å². The van der Waals surface area contributed by atoms with Gasteiger partial charge in [-0.05, 0) is 24.6 Å². The number of hydrogen-bond acceptors (Lipinski definition) is 4. The molecule has 0 radical (unpaired) electrons. The number of nitrogens with zero attached hydrogens (tertiary/aromatic N) is 1. The van der Waals surface area contributed by atoms with Crippen LogP contribution in [0.3, 0.4) is 0 Å². The Morgan fingerprint density at radius 3 is 3.00 bits per heavy atom. The average molecular weight is 277 g/mol. The molecule has 20 heavy (non-hydrogen) atoms. The number of carbonyl (C=O) groups excluding carboxylic acids is 1. The molecule has 1 aromatic carbocycles. The minimum Gasteiger partial charge on any atom is -0.469 e. The van der Waals surface area contributed by atoms with Gasteiger partial charge in [-0.3, -0.25) is 4.79 Å². The molecular weight excluding hydrogens is 254 g/mol. The van der Waals surface area contributed by atoms with Crippen LogP contribution < -0.4 is 0 Å². The number of likely N-dealkylation sites (N-methyl/N-ethyl adjacent to an activating group) is 1. The van der Waals surface area contributed by atoms with Crippen LogP contribution in [-0.4, -0.2) is 44.7 Å². The van der Waals surface area contributed by atoms with Gasteiger partial charge in [0.2, 0.25) is 0 Å². The lowest BCUT2D eigenvalue weighted by Crippen LogP contribution is -2.34. The van der Waals surface area contributed by atoms with Gasteiger partial charge in [0.1, 0.15) is 0 Å². The van der Waals surface area contributed by atoms with Crippen LogP contribution in [0.15, 0.2) is 24.3 Å². The van der Waals surface area contributed by atoms with Crippen LogP contribution in [0, 0.1) is 5.92 Å². The first-order chi connectivity index (χ1) is 9.61. The van der Waals surface area contributed by atoms with Crippen LogP contribution >= 0.6 is 0 Å². The molecule has 1 aromatic rings. The number of methoxy groups -OCH3 is 1. The normalized spacial score (nSPS) is 19.5. The Balaban J connectivity index is 1.95. The fourth-order valence-corrected chi connectivity index (χ4v) is 2.73. The van der Waals surface area contributed by atoms with E-state index in [-0.39, 0.29) is 18.0 Å². The molecule has 4 heteroatoms. The minimum absolute atomic E-state index is 0.0924. The van der Waals surface area contributed by atoms with Crippen molar-refractivity contribution < 1.29 is 14.3 Å². The molecule has 1 aliphatic heterocycles. The first-order valence-electron chi connectivity index (χ1n) is 7.07. The number of fused-ring (bicyclic) bond motifs is 1. The Bertz CT molecular complexity index is 461. The first-order valence-corrected chi connectivity index (χ1v) is 7.07. The summed E-state index contributed by atoms with van der Waals surface area (Å²) in [5.41, 5.74) is 2.65. The molecule has 2 rings (SSSR count). The zero-order valence-electron chi connectivity index (χ0n) is 12.5. The van der Waals surface area contributed by atoms with Crippen molar-refractivity contribution in [3.8, 4) is 0 Å². The third kappa shape index (κ3) is 3.58. The molecule has 0 saturated heterocycles. The second kappa shape index (κ2) is 6.86. The average Bonchev–Trinajstić information content (AvgIpc) is 2.46. The summed E-state index contributed by atoms with van der Waals surface area (Å²) in [6.45, 7) is 4.12. The Hall–Kier alpha value is -1.39. The lowest BCUT2D eigenvalue weighted by atomic mass is 9.97. The monoisotopic (exact) mass is 277 g/mol. The highest BCUT2D eigenvalue weighted by atomic mass is 16.5. The summed E-state index contributed by atoms with van der Waals surface area (Å²) in [5, 5.41) is 0. The van der Waals surface area contributed by atoms with Crippen LogP contribution in [0.25, 0.3) is 0 Å². The van der Waals surface area contributed by atoms with E-state index in [1.54, 1.807) is 0 Å². The maximum Gasteiger partial charge on any atom is 0.309 e. The van der Waals surface area contributed by atoms with Gasteiger partial charge >= 0.3 is 5.97 Å². The number of carbonyl (C=O) groups is 1. The minimum atomic E-state index is -0.165. The predicted molar refractivity (Wildman–Crippen MR) is 77.5 cm³/mol. The SMILES string of the molecule is COC(=O)C(C)CN(C)CC1OCCc2ccccc21. The first kappa shape index (κ1) is 15.0. The maximum absolute atomic E-state index is 11.5. The van der Waals surface area contributed by atoms with Gasteiger partial charge in [0.25, 0.3) is 0 Å². The summed E-state index contributed by atoms with van der Waals surface area (Å²) < 4.78 is 10.6. The smallest absolute Gasteiger partial charge is 0.309 e. The number of esters is 1. The van der Waals surface area contributed by atoms with E-state index in [2.05, 4.69) is 29.2 Å². The molecule has 110 valence electrons. The van der Waals surface area contributed by atoms with Crippen molar-refractivity contribution in [1.29, 1.82) is 0 Å². The summed E-state index contributed by atoms with van der Waals surface area (Å²) in [4.78, 5) is 13.6. The van der Waals surface area contributed by atoms with Gasteiger partial charge in [-0.1, -0.05) is 31.2 Å². The van der Waals surface area contributed by atoms with Gasteiger partial charge in [-0.25, -0.2) is 0 Å². The highest BCUT2D eigenvalue weighted by Gasteiger charge is 2.23. The Kier molecular flexibility index (Phi) is 5.15. The predicted octanol–water partition coefficient (Wildman–Crippen LogP) is 2.04. The molecule has 0 aromatic heterocycles. The van der Waals surface area contributed by atoms with E-state index >= 15 is 0 Å². The topological polar surface area (TPSA) is 38.8 Å². The lowest BCUT2D eigenvalue weighted by Gasteiger charge is -2.30. The largest absolute Gasteiger partial charge is 0.469 e. The molecule has 0 saturated carbocycles. The molecule has 2 unspecified atom stereocenters. The summed E-state index contributed by atoms with van der Waals surface area (Å²) >= 11 is 0. The van der Waals surface area contributed by atoms with E-state index < -0.39 is 0 Å². The van der Waals surface area contributed by atoms with Crippen molar-refractivity contribution in [2.24, 2.45) is 5.92 Å². The molecule has 0 bridgehead atoms. The molecule has 0 N–H and O–H groups in total. The van der Waals surface area contributed by atoms with Crippen LogP contribution in [0.2, 0.25) is 0 Å². The quantitative estimate of drug-likeness (QED) is 0.772. The molecule has 0 amide bonds. The Morgan fingerprint density at radius 2 is 2.25 bits per heavy atom. The second-order valence-electron chi connectivity index (χ2n) is 5.45. The van der Waals surface area contributed by atoms with E-state index in [0.717, 1.165) is 19.6 Å². The van der Waals surface area contributed by atoms with E-state index in [4.69, 9.17) is 9.47 Å². The van der Waals surface area contributed by atoms with Gasteiger partial charge in [0.15, 0.2) is 0 Å². The summed E-state index contributed by atoms with van der Waals surface area (Å²) in [6.07, 6.45) is 1.07. The maximum atomic E-state index is 11.5. The van der Waals surface area contributed by atoms with Gasteiger partial charge in [0, 0.05) is 13.1 Å².